The molecule has 1 unspecified atom stereocenters. The largest absolute Gasteiger partial charge is 0.313 e. The molecule has 0 bridgehead atoms. The van der Waals surface area contributed by atoms with Crippen LogP contribution in [-0.4, -0.2) is 12.6 Å². The molecule has 1 aliphatic heterocycles. The normalized spacial score (nSPS) is 19.9. The van der Waals surface area contributed by atoms with Gasteiger partial charge in [-0.25, -0.2) is 0 Å². The smallest absolute Gasteiger partial charge is 0.0327 e. The summed E-state index contributed by atoms with van der Waals surface area (Å²) in [7, 11) is 0. The maximum atomic E-state index is 4.41. The van der Waals surface area contributed by atoms with Crippen LogP contribution in [0.5, 0.6) is 0 Å². The predicted octanol–water partition coefficient (Wildman–Crippen LogP) is 5.06. The fourth-order valence-corrected chi connectivity index (χ4v) is 3.49. The Morgan fingerprint density at radius 2 is 1.55 bits per heavy atom. The quantitative estimate of drug-likeness (QED) is 0.755. The van der Waals surface area contributed by atoms with Crippen molar-refractivity contribution < 1.29 is 0 Å². The first-order valence-corrected chi connectivity index (χ1v) is 8.74. The van der Waals surface area contributed by atoms with Crippen molar-refractivity contribution in [1.82, 2.24) is 5.32 Å². The summed E-state index contributed by atoms with van der Waals surface area (Å²) in [6.07, 6.45) is 2.49. The van der Waals surface area contributed by atoms with Crippen molar-refractivity contribution in [3.63, 3.8) is 0 Å². The van der Waals surface area contributed by atoms with Crippen molar-refractivity contribution in [1.29, 1.82) is 0 Å². The Kier molecular flexibility index (Phi) is 6.10. The van der Waals surface area contributed by atoms with Crippen LogP contribution >= 0.6 is 12.6 Å². The average Bonchev–Trinajstić information content (AvgIpc) is 3.12. The second kappa shape index (κ2) is 7.85. The summed E-state index contributed by atoms with van der Waals surface area (Å²) >= 11 is 4.41. The molecule has 1 fully saturated rings. The second-order valence-electron chi connectivity index (χ2n) is 5.76. The topological polar surface area (TPSA) is 12.0 Å². The third-order valence-electron chi connectivity index (χ3n) is 4.60. The van der Waals surface area contributed by atoms with E-state index in [-0.39, 0.29) is 5.41 Å². The fraction of sp³-hybridized carbons (Fsp3) is 0.400. The molecule has 2 atom stereocenters. The zero-order chi connectivity index (χ0) is 16.0. The van der Waals surface area contributed by atoms with Crippen LogP contribution in [0.3, 0.4) is 0 Å². The van der Waals surface area contributed by atoms with Gasteiger partial charge >= 0.3 is 0 Å². The van der Waals surface area contributed by atoms with Gasteiger partial charge in [0.25, 0.3) is 0 Å². The zero-order valence-electron chi connectivity index (χ0n) is 13.8. The highest BCUT2D eigenvalue weighted by Crippen LogP contribution is 2.38. The molecule has 1 aliphatic rings. The Hall–Kier alpha value is -1.25. The van der Waals surface area contributed by atoms with Crippen LogP contribution in [0.4, 0.5) is 0 Å². The molecule has 0 spiro atoms. The lowest BCUT2D eigenvalue weighted by Gasteiger charge is -2.37. The van der Waals surface area contributed by atoms with Crippen LogP contribution in [-0.2, 0) is 5.41 Å². The number of hydrogen-bond donors (Lipinski definition) is 2. The van der Waals surface area contributed by atoms with E-state index in [4.69, 9.17) is 0 Å². The molecule has 0 saturated carbocycles. The highest BCUT2D eigenvalue weighted by molar-refractivity contribution is 7.80. The summed E-state index contributed by atoms with van der Waals surface area (Å²) in [6, 6.07) is 20.0. The maximum absolute atomic E-state index is 4.41. The molecule has 1 heterocycles. The Morgan fingerprint density at radius 1 is 0.955 bits per heavy atom. The first-order valence-electron chi connectivity index (χ1n) is 8.29. The molecule has 1 nitrogen and oxygen atoms in total. The zero-order valence-corrected chi connectivity index (χ0v) is 14.7. The first kappa shape index (κ1) is 17.1. The molecule has 2 aromatic rings. The summed E-state index contributed by atoms with van der Waals surface area (Å²) in [5.41, 5.74) is 2.76. The number of nitrogens with one attached hydrogen (secondary N) is 1. The van der Waals surface area contributed by atoms with Gasteiger partial charge in [-0.15, -0.1) is 12.6 Å². The van der Waals surface area contributed by atoms with Crippen molar-refractivity contribution in [2.45, 2.75) is 50.0 Å². The molecule has 3 rings (SSSR count). The lowest BCUT2D eigenvalue weighted by Crippen LogP contribution is -2.43. The third-order valence-corrected chi connectivity index (χ3v) is 4.90. The number of rotatable bonds is 3. The monoisotopic (exact) mass is 313 g/mol. The van der Waals surface area contributed by atoms with Gasteiger partial charge in [0.15, 0.2) is 0 Å². The van der Waals surface area contributed by atoms with Crippen LogP contribution in [0.25, 0.3) is 0 Å². The van der Waals surface area contributed by atoms with Crippen LogP contribution in [0.2, 0.25) is 0 Å². The average molecular weight is 314 g/mol. The highest BCUT2D eigenvalue weighted by Gasteiger charge is 2.38. The molecular formula is C20H27NS. The Morgan fingerprint density at radius 3 is 2.09 bits per heavy atom. The van der Waals surface area contributed by atoms with Crippen molar-refractivity contribution >= 4 is 12.6 Å². The van der Waals surface area contributed by atoms with E-state index in [1.165, 1.54) is 24.0 Å². The summed E-state index contributed by atoms with van der Waals surface area (Å²) in [4.78, 5) is 1.02. The molecule has 0 amide bonds. The van der Waals surface area contributed by atoms with E-state index >= 15 is 0 Å². The van der Waals surface area contributed by atoms with E-state index in [1.54, 1.807) is 0 Å². The molecule has 1 N–H and O–H groups in total. The number of hydrogen-bond acceptors (Lipinski definition) is 2. The molecule has 0 radical (unpaired) electrons. The molecular weight excluding hydrogens is 286 g/mol. The van der Waals surface area contributed by atoms with Gasteiger partial charge in [0.1, 0.15) is 0 Å². The highest BCUT2D eigenvalue weighted by atomic mass is 32.1. The first-order chi connectivity index (χ1) is 10.7. The van der Waals surface area contributed by atoms with E-state index in [2.05, 4.69) is 79.5 Å². The van der Waals surface area contributed by atoms with Gasteiger partial charge in [-0.1, -0.05) is 56.3 Å². The molecule has 0 aliphatic carbocycles. The van der Waals surface area contributed by atoms with Crippen molar-refractivity contribution in [3.05, 3.63) is 65.7 Å². The molecule has 1 saturated heterocycles. The SMILES string of the molecule is CC.C[C@](c1ccccc1)(c1ccc(S)cc1)C1CCCN1. The van der Waals surface area contributed by atoms with Gasteiger partial charge in [-0.05, 0) is 49.6 Å². The van der Waals surface area contributed by atoms with Gasteiger partial charge in [0.05, 0.1) is 0 Å². The van der Waals surface area contributed by atoms with Gasteiger partial charge < -0.3 is 5.32 Å². The lowest BCUT2D eigenvalue weighted by atomic mass is 9.70. The van der Waals surface area contributed by atoms with E-state index < -0.39 is 0 Å². The Bertz CT molecular complexity index is 558. The van der Waals surface area contributed by atoms with E-state index in [0.29, 0.717) is 6.04 Å². The van der Waals surface area contributed by atoms with E-state index in [9.17, 15) is 0 Å². The summed E-state index contributed by atoms with van der Waals surface area (Å²) in [5, 5.41) is 3.69. The number of benzene rings is 2. The van der Waals surface area contributed by atoms with Crippen LogP contribution in [0.1, 0.15) is 44.7 Å². The fourth-order valence-electron chi connectivity index (χ4n) is 3.34. The van der Waals surface area contributed by atoms with Crippen molar-refractivity contribution in [3.8, 4) is 0 Å². The van der Waals surface area contributed by atoms with E-state index in [0.717, 1.165) is 11.4 Å². The minimum atomic E-state index is 0.0131. The summed E-state index contributed by atoms with van der Waals surface area (Å²) < 4.78 is 0. The minimum Gasteiger partial charge on any atom is -0.313 e. The Labute approximate surface area is 140 Å². The van der Waals surface area contributed by atoms with Crippen molar-refractivity contribution in [2.24, 2.45) is 0 Å². The lowest BCUT2D eigenvalue weighted by molar-refractivity contribution is 0.406. The molecule has 118 valence electrons. The minimum absolute atomic E-state index is 0.0131. The standard InChI is InChI=1S/C18H21NS.C2H6/c1-18(17-8-5-13-19-17,14-6-3-2-4-7-14)15-9-11-16(20)12-10-15;1-2/h2-4,6-7,9-12,17,19-20H,5,8,13H2,1H3;1-2H3/t17?,18-;/m0./s1. The number of thiol groups is 1. The van der Waals surface area contributed by atoms with Crippen LogP contribution in [0, 0.1) is 0 Å². The second-order valence-corrected chi connectivity index (χ2v) is 6.28. The summed E-state index contributed by atoms with van der Waals surface area (Å²) in [6.45, 7) is 7.48. The van der Waals surface area contributed by atoms with Gasteiger partial charge in [-0.2, -0.15) is 0 Å². The Balaban J connectivity index is 0.000000847. The molecule has 2 aromatic carbocycles. The van der Waals surface area contributed by atoms with Crippen LogP contribution in [0.15, 0.2) is 59.5 Å². The predicted molar refractivity (Wildman–Crippen MR) is 99.0 cm³/mol. The molecule has 2 heteroatoms. The van der Waals surface area contributed by atoms with Gasteiger partial charge in [0.2, 0.25) is 0 Å². The summed E-state index contributed by atoms with van der Waals surface area (Å²) in [5.74, 6) is 0. The maximum Gasteiger partial charge on any atom is 0.0327 e. The molecule has 0 aromatic heterocycles. The molecule has 22 heavy (non-hydrogen) atoms. The van der Waals surface area contributed by atoms with Crippen LogP contribution < -0.4 is 5.32 Å². The van der Waals surface area contributed by atoms with Gasteiger partial charge in [-0.3, -0.25) is 0 Å². The third kappa shape index (κ3) is 3.39. The van der Waals surface area contributed by atoms with Crippen molar-refractivity contribution in [2.75, 3.05) is 6.54 Å². The van der Waals surface area contributed by atoms with Gasteiger partial charge in [0, 0.05) is 16.4 Å². The van der Waals surface area contributed by atoms with E-state index in [1.807, 2.05) is 13.8 Å².